The molecule has 3 heteroatoms. The normalized spacial score (nSPS) is 30.3. The zero-order valence-corrected chi connectivity index (χ0v) is 9.54. The smallest absolute Gasteiger partial charge is 0.123 e. The number of benzene rings is 1. The molecule has 0 heterocycles. The summed E-state index contributed by atoms with van der Waals surface area (Å²) in [6, 6.07) is 6.80. The second-order valence-electron chi connectivity index (χ2n) is 4.60. The Morgan fingerprint density at radius 3 is 2.62 bits per heavy atom. The van der Waals surface area contributed by atoms with Crippen LogP contribution in [0.1, 0.15) is 31.2 Å². The van der Waals surface area contributed by atoms with Crippen molar-refractivity contribution in [2.24, 2.45) is 0 Å². The molecule has 0 radical (unpaired) electrons. The van der Waals surface area contributed by atoms with Gasteiger partial charge in [-0.3, -0.25) is 0 Å². The van der Waals surface area contributed by atoms with Crippen LogP contribution in [0.5, 0.6) is 0 Å². The van der Waals surface area contributed by atoms with E-state index < -0.39 is 5.60 Å². The SMILES string of the molecule is CNC1CCC(O)(c2cccc(F)c2)CC1. The van der Waals surface area contributed by atoms with E-state index in [0.29, 0.717) is 24.4 Å². The minimum atomic E-state index is -0.838. The topological polar surface area (TPSA) is 32.3 Å². The average molecular weight is 223 g/mol. The van der Waals surface area contributed by atoms with Crippen LogP contribution in [0, 0.1) is 5.82 Å². The van der Waals surface area contributed by atoms with Gasteiger partial charge in [0.25, 0.3) is 0 Å². The van der Waals surface area contributed by atoms with Crippen molar-refractivity contribution < 1.29 is 9.50 Å². The molecular weight excluding hydrogens is 205 g/mol. The van der Waals surface area contributed by atoms with Gasteiger partial charge in [0.1, 0.15) is 5.82 Å². The Labute approximate surface area is 95.5 Å². The summed E-state index contributed by atoms with van der Waals surface area (Å²) in [5.74, 6) is -0.276. The van der Waals surface area contributed by atoms with Crippen molar-refractivity contribution >= 4 is 0 Å². The monoisotopic (exact) mass is 223 g/mol. The first-order valence-electron chi connectivity index (χ1n) is 5.80. The van der Waals surface area contributed by atoms with Crippen molar-refractivity contribution in [2.45, 2.75) is 37.3 Å². The van der Waals surface area contributed by atoms with Crippen LogP contribution in [0.2, 0.25) is 0 Å². The Balaban J connectivity index is 2.15. The second kappa shape index (κ2) is 4.52. The quantitative estimate of drug-likeness (QED) is 0.805. The lowest BCUT2D eigenvalue weighted by molar-refractivity contribution is -0.00787. The minimum Gasteiger partial charge on any atom is -0.385 e. The molecular formula is C13H18FNO. The molecule has 0 aliphatic heterocycles. The molecule has 2 rings (SSSR count). The molecule has 0 aromatic heterocycles. The molecule has 0 amide bonds. The van der Waals surface area contributed by atoms with Gasteiger partial charge in [0.15, 0.2) is 0 Å². The molecule has 16 heavy (non-hydrogen) atoms. The average Bonchev–Trinajstić information content (AvgIpc) is 2.30. The number of hydrogen-bond donors (Lipinski definition) is 2. The fourth-order valence-electron chi connectivity index (χ4n) is 2.45. The third-order valence-corrected chi connectivity index (χ3v) is 3.58. The van der Waals surface area contributed by atoms with E-state index in [0.717, 1.165) is 12.8 Å². The van der Waals surface area contributed by atoms with Gasteiger partial charge >= 0.3 is 0 Å². The summed E-state index contributed by atoms with van der Waals surface area (Å²) in [5.41, 5.74) is -0.128. The maximum atomic E-state index is 13.1. The van der Waals surface area contributed by atoms with Gasteiger partial charge < -0.3 is 10.4 Å². The first kappa shape index (κ1) is 11.6. The summed E-state index contributed by atoms with van der Waals surface area (Å²) in [7, 11) is 1.94. The van der Waals surface area contributed by atoms with Crippen LogP contribution in [-0.4, -0.2) is 18.2 Å². The first-order valence-corrected chi connectivity index (χ1v) is 5.80. The molecule has 0 atom stereocenters. The fourth-order valence-corrected chi connectivity index (χ4v) is 2.45. The van der Waals surface area contributed by atoms with E-state index in [-0.39, 0.29) is 5.82 Å². The van der Waals surface area contributed by atoms with Gasteiger partial charge in [-0.05, 0) is 50.4 Å². The third-order valence-electron chi connectivity index (χ3n) is 3.58. The predicted molar refractivity (Wildman–Crippen MR) is 61.6 cm³/mol. The summed E-state index contributed by atoms with van der Waals surface area (Å²) in [6.45, 7) is 0. The maximum Gasteiger partial charge on any atom is 0.123 e. The predicted octanol–water partition coefficient (Wildman–Crippen LogP) is 2.18. The van der Waals surface area contributed by atoms with Gasteiger partial charge in [0, 0.05) is 6.04 Å². The molecule has 1 aliphatic rings. The molecule has 1 fully saturated rings. The summed E-state index contributed by atoms with van der Waals surface area (Å²) >= 11 is 0. The Morgan fingerprint density at radius 1 is 1.38 bits per heavy atom. The van der Waals surface area contributed by atoms with E-state index >= 15 is 0 Å². The summed E-state index contributed by atoms with van der Waals surface area (Å²) in [6.07, 6.45) is 3.26. The van der Waals surface area contributed by atoms with Crippen molar-refractivity contribution in [3.8, 4) is 0 Å². The molecule has 0 unspecified atom stereocenters. The van der Waals surface area contributed by atoms with Crippen LogP contribution >= 0.6 is 0 Å². The van der Waals surface area contributed by atoms with Gasteiger partial charge in [0.2, 0.25) is 0 Å². The molecule has 1 aromatic carbocycles. The van der Waals surface area contributed by atoms with E-state index in [1.54, 1.807) is 6.07 Å². The van der Waals surface area contributed by atoms with Crippen LogP contribution in [0.4, 0.5) is 4.39 Å². The number of aliphatic hydroxyl groups is 1. The Hall–Kier alpha value is -0.930. The van der Waals surface area contributed by atoms with Crippen molar-refractivity contribution in [3.05, 3.63) is 35.6 Å². The Morgan fingerprint density at radius 2 is 2.06 bits per heavy atom. The molecule has 2 N–H and O–H groups in total. The minimum absolute atomic E-state index is 0.276. The van der Waals surface area contributed by atoms with Gasteiger partial charge in [0.05, 0.1) is 5.60 Å². The Bertz CT molecular complexity index is 359. The molecule has 1 aliphatic carbocycles. The lowest BCUT2D eigenvalue weighted by atomic mass is 9.78. The van der Waals surface area contributed by atoms with Crippen molar-refractivity contribution in [3.63, 3.8) is 0 Å². The lowest BCUT2D eigenvalue weighted by Gasteiger charge is -2.36. The summed E-state index contributed by atoms with van der Waals surface area (Å²) < 4.78 is 13.1. The van der Waals surface area contributed by atoms with Crippen molar-refractivity contribution in [1.29, 1.82) is 0 Å². The zero-order valence-electron chi connectivity index (χ0n) is 9.54. The fraction of sp³-hybridized carbons (Fsp3) is 0.538. The Kier molecular flexibility index (Phi) is 3.26. The summed E-state index contributed by atoms with van der Waals surface area (Å²) in [4.78, 5) is 0. The van der Waals surface area contributed by atoms with Gasteiger partial charge in [-0.1, -0.05) is 12.1 Å². The van der Waals surface area contributed by atoms with Crippen molar-refractivity contribution in [2.75, 3.05) is 7.05 Å². The molecule has 88 valence electrons. The second-order valence-corrected chi connectivity index (χ2v) is 4.60. The van der Waals surface area contributed by atoms with E-state index in [1.165, 1.54) is 12.1 Å². The first-order chi connectivity index (χ1) is 7.64. The zero-order chi connectivity index (χ0) is 11.6. The highest BCUT2D eigenvalue weighted by Gasteiger charge is 2.34. The van der Waals surface area contributed by atoms with Crippen molar-refractivity contribution in [1.82, 2.24) is 5.32 Å². The molecule has 0 saturated heterocycles. The van der Waals surface area contributed by atoms with E-state index in [9.17, 15) is 9.50 Å². The van der Waals surface area contributed by atoms with Crippen LogP contribution in [0.15, 0.2) is 24.3 Å². The van der Waals surface area contributed by atoms with Crippen LogP contribution in [0.3, 0.4) is 0 Å². The highest BCUT2D eigenvalue weighted by Crippen LogP contribution is 2.37. The number of nitrogens with one attached hydrogen (secondary N) is 1. The largest absolute Gasteiger partial charge is 0.385 e. The number of halogens is 1. The molecule has 0 spiro atoms. The highest BCUT2D eigenvalue weighted by molar-refractivity contribution is 5.24. The van der Waals surface area contributed by atoms with Gasteiger partial charge in [-0.15, -0.1) is 0 Å². The van der Waals surface area contributed by atoms with Gasteiger partial charge in [-0.25, -0.2) is 4.39 Å². The highest BCUT2D eigenvalue weighted by atomic mass is 19.1. The van der Waals surface area contributed by atoms with Crippen LogP contribution in [0.25, 0.3) is 0 Å². The van der Waals surface area contributed by atoms with Gasteiger partial charge in [-0.2, -0.15) is 0 Å². The molecule has 1 aromatic rings. The van der Waals surface area contributed by atoms with E-state index in [2.05, 4.69) is 5.32 Å². The standard InChI is InChI=1S/C13H18FNO/c1-15-12-5-7-13(16,8-6-12)10-3-2-4-11(14)9-10/h2-4,9,12,15-16H,5-8H2,1H3. The van der Waals surface area contributed by atoms with Crippen LogP contribution in [-0.2, 0) is 5.60 Å². The molecule has 2 nitrogen and oxygen atoms in total. The van der Waals surface area contributed by atoms with E-state index in [1.807, 2.05) is 13.1 Å². The lowest BCUT2D eigenvalue weighted by Crippen LogP contribution is -2.38. The molecule has 0 bridgehead atoms. The van der Waals surface area contributed by atoms with Crippen LogP contribution < -0.4 is 5.32 Å². The number of rotatable bonds is 2. The van der Waals surface area contributed by atoms with E-state index in [4.69, 9.17) is 0 Å². The number of hydrogen-bond acceptors (Lipinski definition) is 2. The maximum absolute atomic E-state index is 13.1. The molecule has 1 saturated carbocycles. The third kappa shape index (κ3) is 2.25. The summed E-state index contributed by atoms with van der Waals surface area (Å²) in [5, 5.41) is 13.7.